The molecule has 5 heteroatoms. The highest BCUT2D eigenvalue weighted by Crippen LogP contribution is 1.98. The number of hydrogen-bond acceptors (Lipinski definition) is 4. The average molecular weight is 215 g/mol. The molecule has 0 aliphatic carbocycles. The highest BCUT2D eigenvalue weighted by atomic mass is 16.5. The zero-order chi connectivity index (χ0) is 11.8. The van der Waals surface area contributed by atoms with E-state index in [0.717, 1.165) is 0 Å². The molecule has 0 aromatic heterocycles. The number of ketones is 1. The first kappa shape index (κ1) is 13.6. The number of amides is 1. The van der Waals surface area contributed by atoms with Gasteiger partial charge in [0.05, 0.1) is 19.1 Å². The van der Waals surface area contributed by atoms with Crippen LogP contribution < -0.4 is 5.32 Å². The minimum absolute atomic E-state index is 0.0661. The molecule has 1 atom stereocenters. The van der Waals surface area contributed by atoms with Crippen LogP contribution >= 0.6 is 0 Å². The Kier molecular flexibility index (Phi) is 6.33. The summed E-state index contributed by atoms with van der Waals surface area (Å²) in [6, 6.07) is -0.545. The molecule has 0 aliphatic heterocycles. The molecule has 86 valence electrons. The van der Waals surface area contributed by atoms with Gasteiger partial charge in [-0.05, 0) is 13.8 Å². The Bertz CT molecular complexity index is 250. The van der Waals surface area contributed by atoms with Gasteiger partial charge in [0.25, 0.3) is 0 Å². The van der Waals surface area contributed by atoms with E-state index in [4.69, 9.17) is 0 Å². The molecule has 0 saturated heterocycles. The summed E-state index contributed by atoms with van der Waals surface area (Å²) in [6.07, 6.45) is 0.164. The molecule has 0 saturated carbocycles. The predicted molar refractivity (Wildman–Crippen MR) is 54.2 cm³/mol. The summed E-state index contributed by atoms with van der Waals surface area (Å²) in [7, 11) is 0. The minimum atomic E-state index is -0.545. The van der Waals surface area contributed by atoms with E-state index >= 15 is 0 Å². The van der Waals surface area contributed by atoms with Crippen molar-refractivity contribution in [1.82, 2.24) is 5.32 Å². The molecule has 0 heterocycles. The molecule has 0 aromatic rings. The van der Waals surface area contributed by atoms with Crippen molar-refractivity contribution in [2.24, 2.45) is 0 Å². The third kappa shape index (κ3) is 6.65. The number of Topliss-reactive ketones (excluding diaryl/α,β-unsaturated/α-hetero) is 1. The van der Waals surface area contributed by atoms with Gasteiger partial charge in [-0.1, -0.05) is 0 Å². The highest BCUT2D eigenvalue weighted by Gasteiger charge is 2.15. The molecule has 0 aromatic carbocycles. The molecule has 5 nitrogen and oxygen atoms in total. The zero-order valence-electron chi connectivity index (χ0n) is 9.33. The van der Waals surface area contributed by atoms with Crippen molar-refractivity contribution < 1.29 is 19.1 Å². The largest absolute Gasteiger partial charge is 0.466 e. The van der Waals surface area contributed by atoms with Gasteiger partial charge in [-0.25, -0.2) is 0 Å². The number of carbonyl (C=O) groups excluding carboxylic acids is 3. The van der Waals surface area contributed by atoms with Crippen molar-refractivity contribution in [3.63, 3.8) is 0 Å². The van der Waals surface area contributed by atoms with Gasteiger partial charge in [-0.3, -0.25) is 14.4 Å². The summed E-state index contributed by atoms with van der Waals surface area (Å²) in [5.74, 6) is -0.814. The van der Waals surface area contributed by atoms with E-state index in [-0.39, 0.29) is 30.5 Å². The molecule has 0 aliphatic rings. The highest BCUT2D eigenvalue weighted by molar-refractivity contribution is 5.89. The fraction of sp³-hybridized carbons (Fsp3) is 0.700. The molecule has 0 rings (SSSR count). The molecule has 0 radical (unpaired) electrons. The van der Waals surface area contributed by atoms with Gasteiger partial charge in [-0.2, -0.15) is 0 Å². The van der Waals surface area contributed by atoms with Crippen LogP contribution in [-0.4, -0.2) is 30.3 Å². The van der Waals surface area contributed by atoms with Crippen molar-refractivity contribution in [2.45, 2.75) is 39.7 Å². The standard InChI is InChI=1S/C10H17NO4/c1-4-15-10(14)6-5-9(13)7(2)11-8(3)12/h7H,4-6H2,1-3H3,(H,11,12)/t7-/m0/s1. The number of rotatable bonds is 6. The fourth-order valence-electron chi connectivity index (χ4n) is 1.06. The van der Waals surface area contributed by atoms with Crippen LogP contribution in [0.5, 0.6) is 0 Å². The van der Waals surface area contributed by atoms with Gasteiger partial charge >= 0.3 is 5.97 Å². The normalized spacial score (nSPS) is 11.7. The molecule has 0 bridgehead atoms. The Hall–Kier alpha value is -1.39. The van der Waals surface area contributed by atoms with Crippen LogP contribution in [0.3, 0.4) is 0 Å². The Balaban J connectivity index is 3.82. The summed E-state index contributed by atoms with van der Waals surface area (Å²) in [6.45, 7) is 4.96. The summed E-state index contributed by atoms with van der Waals surface area (Å²) in [4.78, 5) is 32.9. The molecule has 0 spiro atoms. The zero-order valence-corrected chi connectivity index (χ0v) is 9.33. The molecular weight excluding hydrogens is 198 g/mol. The SMILES string of the molecule is CCOC(=O)CCC(=O)[C@H](C)NC(C)=O. The predicted octanol–water partition coefficient (Wildman–Crippen LogP) is 0.423. The minimum Gasteiger partial charge on any atom is -0.466 e. The third-order valence-electron chi connectivity index (χ3n) is 1.78. The van der Waals surface area contributed by atoms with E-state index in [1.54, 1.807) is 13.8 Å². The summed E-state index contributed by atoms with van der Waals surface area (Å²) in [5.41, 5.74) is 0. The quantitative estimate of drug-likeness (QED) is 0.652. The van der Waals surface area contributed by atoms with Crippen LogP contribution in [0.2, 0.25) is 0 Å². The van der Waals surface area contributed by atoms with Crippen molar-refractivity contribution in [3.05, 3.63) is 0 Å². The molecule has 1 N–H and O–H groups in total. The first-order valence-electron chi connectivity index (χ1n) is 4.92. The van der Waals surface area contributed by atoms with Crippen molar-refractivity contribution in [3.8, 4) is 0 Å². The van der Waals surface area contributed by atoms with E-state index < -0.39 is 6.04 Å². The Morgan fingerprint density at radius 2 is 1.87 bits per heavy atom. The topological polar surface area (TPSA) is 72.5 Å². The van der Waals surface area contributed by atoms with Gasteiger partial charge in [0.15, 0.2) is 5.78 Å². The van der Waals surface area contributed by atoms with Crippen molar-refractivity contribution >= 4 is 17.7 Å². The molecule has 0 fully saturated rings. The molecular formula is C10H17NO4. The smallest absolute Gasteiger partial charge is 0.306 e. The van der Waals surface area contributed by atoms with Crippen LogP contribution in [0.1, 0.15) is 33.6 Å². The van der Waals surface area contributed by atoms with E-state index in [1.165, 1.54) is 6.92 Å². The molecule has 15 heavy (non-hydrogen) atoms. The summed E-state index contributed by atoms with van der Waals surface area (Å²) in [5, 5.41) is 2.46. The van der Waals surface area contributed by atoms with Gasteiger partial charge in [0, 0.05) is 13.3 Å². The van der Waals surface area contributed by atoms with Crippen LogP contribution in [0.15, 0.2) is 0 Å². The molecule has 1 amide bonds. The van der Waals surface area contributed by atoms with Gasteiger partial charge in [-0.15, -0.1) is 0 Å². The maximum Gasteiger partial charge on any atom is 0.306 e. The lowest BCUT2D eigenvalue weighted by atomic mass is 10.1. The van der Waals surface area contributed by atoms with E-state index in [1.807, 2.05) is 0 Å². The third-order valence-corrected chi connectivity index (χ3v) is 1.78. The number of hydrogen-bond donors (Lipinski definition) is 1. The van der Waals surface area contributed by atoms with Crippen LogP contribution in [0.25, 0.3) is 0 Å². The fourth-order valence-corrected chi connectivity index (χ4v) is 1.06. The monoisotopic (exact) mass is 215 g/mol. The van der Waals surface area contributed by atoms with Gasteiger partial charge in [0.1, 0.15) is 0 Å². The second-order valence-corrected chi connectivity index (χ2v) is 3.19. The number of ether oxygens (including phenoxy) is 1. The second-order valence-electron chi connectivity index (χ2n) is 3.19. The van der Waals surface area contributed by atoms with Gasteiger partial charge < -0.3 is 10.1 Å². The number of carbonyl (C=O) groups is 3. The Morgan fingerprint density at radius 3 is 2.33 bits per heavy atom. The van der Waals surface area contributed by atoms with Crippen LogP contribution in [0, 0.1) is 0 Å². The maximum absolute atomic E-state index is 11.4. The lowest BCUT2D eigenvalue weighted by Crippen LogP contribution is -2.37. The van der Waals surface area contributed by atoms with E-state index in [0.29, 0.717) is 6.61 Å². The second kappa shape index (κ2) is 6.98. The molecule has 0 unspecified atom stereocenters. The summed E-state index contributed by atoms with van der Waals surface area (Å²) >= 11 is 0. The number of nitrogens with one attached hydrogen (secondary N) is 1. The van der Waals surface area contributed by atoms with E-state index in [2.05, 4.69) is 10.1 Å². The van der Waals surface area contributed by atoms with Gasteiger partial charge in [0.2, 0.25) is 5.91 Å². The average Bonchev–Trinajstić information content (AvgIpc) is 2.13. The Labute approximate surface area is 89.2 Å². The first-order chi connectivity index (χ1) is 6.97. The lowest BCUT2D eigenvalue weighted by molar-refractivity contribution is -0.144. The number of esters is 1. The summed E-state index contributed by atoms with van der Waals surface area (Å²) < 4.78 is 4.67. The van der Waals surface area contributed by atoms with Crippen LogP contribution in [-0.2, 0) is 19.1 Å². The lowest BCUT2D eigenvalue weighted by Gasteiger charge is -2.10. The van der Waals surface area contributed by atoms with Crippen LogP contribution in [0.4, 0.5) is 0 Å². The first-order valence-corrected chi connectivity index (χ1v) is 4.92. The van der Waals surface area contributed by atoms with Crippen molar-refractivity contribution in [2.75, 3.05) is 6.61 Å². The maximum atomic E-state index is 11.4. The van der Waals surface area contributed by atoms with Crippen molar-refractivity contribution in [1.29, 1.82) is 0 Å². The Morgan fingerprint density at radius 1 is 1.27 bits per heavy atom. The van der Waals surface area contributed by atoms with E-state index in [9.17, 15) is 14.4 Å².